The highest BCUT2D eigenvalue weighted by Crippen LogP contribution is 2.23. The number of aryl methyl sites for hydroxylation is 1. The number of nitrogens with one attached hydrogen (secondary N) is 2. The van der Waals surface area contributed by atoms with Crippen molar-refractivity contribution in [2.24, 2.45) is 0 Å². The van der Waals surface area contributed by atoms with Gasteiger partial charge in [-0.25, -0.2) is 4.79 Å². The first-order valence-electron chi connectivity index (χ1n) is 10.3. The fourth-order valence-corrected chi connectivity index (χ4v) is 3.62. The second-order valence-electron chi connectivity index (χ2n) is 7.42. The van der Waals surface area contributed by atoms with E-state index in [0.29, 0.717) is 11.1 Å². The Balaban J connectivity index is 1.78. The summed E-state index contributed by atoms with van der Waals surface area (Å²) in [5.74, 6) is -1.61. The van der Waals surface area contributed by atoms with Crippen molar-refractivity contribution in [3.63, 3.8) is 0 Å². The Morgan fingerprint density at radius 2 is 1.74 bits per heavy atom. The lowest BCUT2D eigenvalue weighted by Gasteiger charge is -2.13. The molecular weight excluding hydrogens is 456 g/mol. The fourth-order valence-electron chi connectivity index (χ4n) is 3.27. The summed E-state index contributed by atoms with van der Waals surface area (Å²) in [6, 6.07) is 18.5. The number of ether oxygens (including phenoxy) is 1. The first-order valence-corrected chi connectivity index (χ1v) is 10.7. The minimum Gasteiger partial charge on any atom is -0.508 e. The Morgan fingerprint density at radius 1 is 1.00 bits per heavy atom. The van der Waals surface area contributed by atoms with Crippen LogP contribution in [0, 0.1) is 6.92 Å². The molecule has 3 N–H and O–H groups in total. The van der Waals surface area contributed by atoms with Crippen molar-refractivity contribution in [3.8, 4) is 5.75 Å². The zero-order valence-electron chi connectivity index (χ0n) is 18.6. The highest BCUT2D eigenvalue weighted by atomic mass is 35.5. The number of hydrogen-bond acceptors (Lipinski definition) is 5. The molecule has 0 aliphatic rings. The second-order valence-corrected chi connectivity index (χ2v) is 7.82. The number of benzene rings is 3. The van der Waals surface area contributed by atoms with Crippen molar-refractivity contribution in [3.05, 3.63) is 105 Å². The van der Waals surface area contributed by atoms with Gasteiger partial charge >= 0.3 is 5.97 Å². The predicted octanol–water partition coefficient (Wildman–Crippen LogP) is 4.23. The number of carbonyl (C=O) groups excluding carboxylic acids is 3. The number of aromatic hydroxyl groups is 1. The molecule has 3 rings (SSSR count). The van der Waals surface area contributed by atoms with Crippen molar-refractivity contribution < 1.29 is 24.2 Å². The Hall–Kier alpha value is -4.10. The third-order valence-electron chi connectivity index (χ3n) is 4.90. The summed E-state index contributed by atoms with van der Waals surface area (Å²) in [6.45, 7) is 1.85. The van der Waals surface area contributed by atoms with Crippen molar-refractivity contribution >= 4 is 35.5 Å². The normalized spacial score (nSPS) is 11.0. The van der Waals surface area contributed by atoms with E-state index in [4.69, 9.17) is 16.3 Å². The van der Waals surface area contributed by atoms with Crippen molar-refractivity contribution in [2.75, 3.05) is 7.11 Å². The largest absolute Gasteiger partial charge is 0.508 e. The monoisotopic (exact) mass is 478 g/mol. The van der Waals surface area contributed by atoms with Crippen LogP contribution in [0.25, 0.3) is 6.08 Å². The second kappa shape index (κ2) is 11.2. The molecule has 2 amide bonds. The molecule has 7 nitrogen and oxygen atoms in total. The Kier molecular flexibility index (Phi) is 8.05. The quantitative estimate of drug-likeness (QED) is 0.348. The van der Waals surface area contributed by atoms with Crippen LogP contribution in [0.1, 0.15) is 37.4 Å². The summed E-state index contributed by atoms with van der Waals surface area (Å²) in [4.78, 5) is 37.8. The number of phenolic OH excluding ortho intramolecular Hbond substituents is 1. The van der Waals surface area contributed by atoms with E-state index < -0.39 is 11.9 Å². The van der Waals surface area contributed by atoms with Gasteiger partial charge in [-0.1, -0.05) is 54.1 Å². The summed E-state index contributed by atoms with van der Waals surface area (Å²) >= 11 is 6.36. The lowest BCUT2D eigenvalue weighted by molar-refractivity contribution is -0.136. The highest BCUT2D eigenvalue weighted by molar-refractivity contribution is 6.34. The molecule has 0 aliphatic carbocycles. The van der Waals surface area contributed by atoms with E-state index in [0.717, 1.165) is 5.56 Å². The van der Waals surface area contributed by atoms with Gasteiger partial charge in [0.25, 0.3) is 11.8 Å². The molecule has 0 heterocycles. The first-order chi connectivity index (χ1) is 16.3. The molecule has 0 aliphatic heterocycles. The van der Waals surface area contributed by atoms with Crippen LogP contribution in [0.4, 0.5) is 0 Å². The van der Waals surface area contributed by atoms with Crippen molar-refractivity contribution in [1.82, 2.24) is 10.6 Å². The van der Waals surface area contributed by atoms with E-state index in [2.05, 4.69) is 10.6 Å². The molecule has 0 unspecified atom stereocenters. The number of rotatable bonds is 7. The number of esters is 1. The molecule has 0 atom stereocenters. The van der Waals surface area contributed by atoms with Gasteiger partial charge in [0.05, 0.1) is 17.7 Å². The van der Waals surface area contributed by atoms with Crippen LogP contribution >= 0.6 is 11.6 Å². The van der Waals surface area contributed by atoms with E-state index in [9.17, 15) is 19.5 Å². The van der Waals surface area contributed by atoms with Gasteiger partial charge < -0.3 is 20.5 Å². The topological polar surface area (TPSA) is 105 Å². The minimum atomic E-state index is -0.714. The summed E-state index contributed by atoms with van der Waals surface area (Å²) in [6.07, 6.45) is 1.50. The van der Waals surface area contributed by atoms with E-state index in [-0.39, 0.29) is 40.0 Å². The Labute approximate surface area is 202 Å². The number of phenols is 1. The standard InChI is InChI=1S/C26H23ClN2O5/c1-16-11-19(24(31)28-15-18-9-6-10-20(30)12-18)14-21(27)23(16)25(32)29-22(26(33)34-2)13-17-7-4-3-5-8-17/h3-14,30H,15H2,1-2H3,(H,28,31)(H,29,32). The van der Waals surface area contributed by atoms with Gasteiger partial charge in [0, 0.05) is 12.1 Å². The number of halogens is 1. The third kappa shape index (κ3) is 6.24. The van der Waals surface area contributed by atoms with Crippen LogP contribution in [-0.2, 0) is 16.1 Å². The SMILES string of the molecule is COC(=O)C(=Cc1ccccc1)NC(=O)c1c(C)cc(C(=O)NCc2cccc(O)c2)cc1Cl. The average Bonchev–Trinajstić information content (AvgIpc) is 2.81. The lowest BCUT2D eigenvalue weighted by atomic mass is 10.0. The molecule has 3 aromatic rings. The molecule has 0 spiro atoms. The number of carbonyl (C=O) groups is 3. The molecule has 0 saturated carbocycles. The zero-order valence-corrected chi connectivity index (χ0v) is 19.3. The maximum atomic E-state index is 13.0. The highest BCUT2D eigenvalue weighted by Gasteiger charge is 2.21. The van der Waals surface area contributed by atoms with Gasteiger partial charge in [0.2, 0.25) is 0 Å². The maximum absolute atomic E-state index is 13.0. The van der Waals surface area contributed by atoms with Gasteiger partial charge in [-0.05, 0) is 54.0 Å². The molecular formula is C26H23ClN2O5. The third-order valence-corrected chi connectivity index (χ3v) is 5.20. The summed E-state index contributed by atoms with van der Waals surface area (Å²) in [5, 5.41) is 14.9. The summed E-state index contributed by atoms with van der Waals surface area (Å²) < 4.78 is 4.78. The molecule has 3 aromatic carbocycles. The molecule has 174 valence electrons. The number of hydrogen-bond donors (Lipinski definition) is 3. The van der Waals surface area contributed by atoms with Crippen LogP contribution in [0.2, 0.25) is 5.02 Å². The molecule has 0 radical (unpaired) electrons. The Bertz CT molecular complexity index is 1230. The smallest absolute Gasteiger partial charge is 0.354 e. The maximum Gasteiger partial charge on any atom is 0.354 e. The van der Waals surface area contributed by atoms with Crippen LogP contribution < -0.4 is 10.6 Å². The summed E-state index contributed by atoms with van der Waals surface area (Å²) in [5.41, 5.74) is 2.23. The van der Waals surface area contributed by atoms with Crippen LogP contribution in [0.15, 0.2) is 72.4 Å². The van der Waals surface area contributed by atoms with Gasteiger partial charge in [-0.3, -0.25) is 9.59 Å². The van der Waals surface area contributed by atoms with Crippen LogP contribution in [0.5, 0.6) is 5.75 Å². The number of methoxy groups -OCH3 is 1. The molecule has 0 fully saturated rings. The Morgan fingerprint density at radius 3 is 2.38 bits per heavy atom. The zero-order chi connectivity index (χ0) is 24.7. The lowest BCUT2D eigenvalue weighted by Crippen LogP contribution is -2.29. The van der Waals surface area contributed by atoms with Crippen molar-refractivity contribution in [2.45, 2.75) is 13.5 Å². The van der Waals surface area contributed by atoms with Gasteiger partial charge in [-0.15, -0.1) is 0 Å². The first kappa shape index (κ1) is 24.5. The molecule has 0 saturated heterocycles. The fraction of sp³-hybridized carbons (Fsp3) is 0.115. The van der Waals surface area contributed by atoms with E-state index in [1.807, 2.05) is 6.07 Å². The van der Waals surface area contributed by atoms with E-state index >= 15 is 0 Å². The summed E-state index contributed by atoms with van der Waals surface area (Å²) in [7, 11) is 1.22. The number of amides is 2. The average molecular weight is 479 g/mol. The van der Waals surface area contributed by atoms with Crippen LogP contribution in [-0.4, -0.2) is 30.0 Å². The molecule has 0 bridgehead atoms. The van der Waals surface area contributed by atoms with Gasteiger partial charge in [-0.2, -0.15) is 0 Å². The van der Waals surface area contributed by atoms with Gasteiger partial charge in [0.1, 0.15) is 11.4 Å². The van der Waals surface area contributed by atoms with Gasteiger partial charge in [0.15, 0.2) is 0 Å². The predicted molar refractivity (Wildman–Crippen MR) is 129 cm³/mol. The molecule has 0 aromatic heterocycles. The molecule has 34 heavy (non-hydrogen) atoms. The van der Waals surface area contributed by atoms with Crippen LogP contribution in [0.3, 0.4) is 0 Å². The van der Waals surface area contributed by atoms with Crippen molar-refractivity contribution in [1.29, 1.82) is 0 Å². The van der Waals surface area contributed by atoms with E-state index in [1.165, 1.54) is 25.3 Å². The molecule has 8 heteroatoms. The minimum absolute atomic E-state index is 0.0536. The van der Waals surface area contributed by atoms with E-state index in [1.54, 1.807) is 55.5 Å².